The zero-order valence-electron chi connectivity index (χ0n) is 9.92. The van der Waals surface area contributed by atoms with Gasteiger partial charge in [0.15, 0.2) is 11.6 Å². The average molecular weight is 285 g/mol. The SMILES string of the molecule is CC(C)c1cc(Cl)nc(-c2cccc(Cl)c2F)n1. The summed E-state index contributed by atoms with van der Waals surface area (Å²) in [6, 6.07) is 6.39. The molecule has 0 aliphatic rings. The summed E-state index contributed by atoms with van der Waals surface area (Å²) >= 11 is 11.7. The van der Waals surface area contributed by atoms with Crippen molar-refractivity contribution >= 4 is 23.2 Å². The second-order valence-corrected chi connectivity index (χ2v) is 4.99. The van der Waals surface area contributed by atoms with Gasteiger partial charge in [-0.1, -0.05) is 43.1 Å². The number of benzene rings is 1. The average Bonchev–Trinajstić information content (AvgIpc) is 2.31. The summed E-state index contributed by atoms with van der Waals surface area (Å²) in [4.78, 5) is 8.36. The van der Waals surface area contributed by atoms with Crippen LogP contribution in [0.15, 0.2) is 24.3 Å². The molecule has 0 spiro atoms. The molecule has 0 amide bonds. The van der Waals surface area contributed by atoms with E-state index in [1.54, 1.807) is 18.2 Å². The maximum Gasteiger partial charge on any atom is 0.164 e. The van der Waals surface area contributed by atoms with Gasteiger partial charge in [-0.05, 0) is 24.1 Å². The highest BCUT2D eigenvalue weighted by Gasteiger charge is 2.13. The van der Waals surface area contributed by atoms with E-state index in [1.807, 2.05) is 13.8 Å². The second kappa shape index (κ2) is 5.21. The third-order valence-electron chi connectivity index (χ3n) is 2.50. The van der Waals surface area contributed by atoms with E-state index in [0.29, 0.717) is 5.15 Å². The first kappa shape index (κ1) is 13.2. The molecule has 5 heteroatoms. The van der Waals surface area contributed by atoms with Gasteiger partial charge in [0.25, 0.3) is 0 Å². The van der Waals surface area contributed by atoms with Gasteiger partial charge >= 0.3 is 0 Å². The lowest BCUT2D eigenvalue weighted by molar-refractivity contribution is 0.630. The highest BCUT2D eigenvalue weighted by Crippen LogP contribution is 2.27. The van der Waals surface area contributed by atoms with Gasteiger partial charge in [-0.25, -0.2) is 14.4 Å². The van der Waals surface area contributed by atoms with Crippen molar-refractivity contribution in [1.82, 2.24) is 9.97 Å². The lowest BCUT2D eigenvalue weighted by Gasteiger charge is -2.08. The Morgan fingerprint density at radius 2 is 1.89 bits per heavy atom. The van der Waals surface area contributed by atoms with Crippen LogP contribution in [0, 0.1) is 5.82 Å². The summed E-state index contributed by atoms with van der Waals surface area (Å²) in [5.74, 6) is -0.0890. The van der Waals surface area contributed by atoms with E-state index in [-0.39, 0.29) is 22.3 Å². The van der Waals surface area contributed by atoms with E-state index in [1.165, 1.54) is 6.07 Å². The monoisotopic (exact) mass is 284 g/mol. The van der Waals surface area contributed by atoms with E-state index in [4.69, 9.17) is 23.2 Å². The summed E-state index contributed by atoms with van der Waals surface area (Å²) < 4.78 is 13.9. The number of nitrogens with zero attached hydrogens (tertiary/aromatic N) is 2. The fourth-order valence-corrected chi connectivity index (χ4v) is 1.89. The molecule has 0 N–H and O–H groups in total. The van der Waals surface area contributed by atoms with Crippen molar-refractivity contribution in [2.24, 2.45) is 0 Å². The quantitative estimate of drug-likeness (QED) is 0.746. The predicted molar refractivity (Wildman–Crippen MR) is 71.5 cm³/mol. The molecule has 0 radical (unpaired) electrons. The molecular formula is C13H11Cl2FN2. The molecule has 0 unspecified atom stereocenters. The Kier molecular flexibility index (Phi) is 3.83. The Bertz CT molecular complexity index is 585. The van der Waals surface area contributed by atoms with E-state index >= 15 is 0 Å². The van der Waals surface area contributed by atoms with Crippen LogP contribution in [0.4, 0.5) is 4.39 Å². The van der Waals surface area contributed by atoms with Gasteiger partial charge in [0.1, 0.15) is 5.15 Å². The summed E-state index contributed by atoms with van der Waals surface area (Å²) in [5, 5.41) is 0.338. The van der Waals surface area contributed by atoms with Crippen LogP contribution in [0.1, 0.15) is 25.5 Å². The summed E-state index contributed by atoms with van der Waals surface area (Å²) in [5.41, 5.74) is 1.02. The largest absolute Gasteiger partial charge is 0.233 e. The van der Waals surface area contributed by atoms with E-state index < -0.39 is 5.82 Å². The van der Waals surface area contributed by atoms with E-state index in [2.05, 4.69) is 9.97 Å². The predicted octanol–water partition coefficient (Wildman–Crippen LogP) is 4.71. The van der Waals surface area contributed by atoms with Gasteiger partial charge in [0.2, 0.25) is 0 Å². The molecule has 18 heavy (non-hydrogen) atoms. The maximum atomic E-state index is 13.9. The zero-order chi connectivity index (χ0) is 13.3. The first-order valence-corrected chi connectivity index (χ1v) is 6.23. The molecule has 0 saturated heterocycles. The third kappa shape index (κ3) is 2.62. The van der Waals surface area contributed by atoms with Gasteiger partial charge in [-0.2, -0.15) is 0 Å². The molecule has 0 aliphatic heterocycles. The van der Waals surface area contributed by atoms with Crippen LogP contribution < -0.4 is 0 Å². The molecule has 1 aromatic carbocycles. The number of rotatable bonds is 2. The lowest BCUT2D eigenvalue weighted by atomic mass is 10.1. The van der Waals surface area contributed by atoms with E-state index in [0.717, 1.165) is 5.69 Å². The van der Waals surface area contributed by atoms with Crippen molar-refractivity contribution in [3.05, 3.63) is 46.0 Å². The molecule has 0 aliphatic carbocycles. The fraction of sp³-hybridized carbons (Fsp3) is 0.231. The minimum absolute atomic E-state index is 0.0437. The van der Waals surface area contributed by atoms with Crippen LogP contribution in [-0.4, -0.2) is 9.97 Å². The van der Waals surface area contributed by atoms with Crippen molar-refractivity contribution in [3.63, 3.8) is 0 Å². The smallest absolute Gasteiger partial charge is 0.164 e. The normalized spacial score (nSPS) is 11.0. The Morgan fingerprint density at radius 1 is 1.17 bits per heavy atom. The first-order valence-electron chi connectivity index (χ1n) is 5.48. The zero-order valence-corrected chi connectivity index (χ0v) is 11.4. The number of aromatic nitrogens is 2. The molecular weight excluding hydrogens is 274 g/mol. The molecule has 1 heterocycles. The Morgan fingerprint density at radius 3 is 2.56 bits per heavy atom. The fourth-order valence-electron chi connectivity index (χ4n) is 1.53. The van der Waals surface area contributed by atoms with Gasteiger partial charge in [-0.15, -0.1) is 0 Å². The third-order valence-corrected chi connectivity index (χ3v) is 2.98. The molecule has 94 valence electrons. The topological polar surface area (TPSA) is 25.8 Å². The van der Waals surface area contributed by atoms with Crippen molar-refractivity contribution in [2.45, 2.75) is 19.8 Å². The second-order valence-electron chi connectivity index (χ2n) is 4.20. The number of hydrogen-bond donors (Lipinski definition) is 0. The molecule has 1 aromatic heterocycles. The molecule has 0 saturated carbocycles. The minimum atomic E-state index is -0.531. The highest BCUT2D eigenvalue weighted by atomic mass is 35.5. The van der Waals surface area contributed by atoms with Gasteiger partial charge in [0, 0.05) is 5.69 Å². The molecule has 2 rings (SSSR count). The van der Waals surface area contributed by atoms with Crippen LogP contribution in [0.5, 0.6) is 0 Å². The lowest BCUT2D eigenvalue weighted by Crippen LogP contribution is -1.99. The van der Waals surface area contributed by atoms with Crippen LogP contribution in [0.2, 0.25) is 10.2 Å². The van der Waals surface area contributed by atoms with E-state index in [9.17, 15) is 4.39 Å². The Hall–Kier alpha value is -1.19. The van der Waals surface area contributed by atoms with Crippen molar-refractivity contribution in [3.8, 4) is 11.4 Å². The molecule has 2 nitrogen and oxygen atoms in total. The first-order chi connectivity index (χ1) is 8.49. The minimum Gasteiger partial charge on any atom is -0.233 e. The highest BCUT2D eigenvalue weighted by molar-refractivity contribution is 6.31. The number of halogens is 3. The van der Waals surface area contributed by atoms with Gasteiger partial charge in [0.05, 0.1) is 10.6 Å². The van der Waals surface area contributed by atoms with Crippen LogP contribution in [-0.2, 0) is 0 Å². The van der Waals surface area contributed by atoms with Crippen LogP contribution >= 0.6 is 23.2 Å². The standard InChI is InChI=1S/C13H11Cl2FN2/c1-7(2)10-6-11(15)18-13(17-10)8-4-3-5-9(14)12(8)16/h3-7H,1-2H3. The van der Waals surface area contributed by atoms with Crippen molar-refractivity contribution in [2.75, 3.05) is 0 Å². The summed E-state index contributed by atoms with van der Waals surface area (Å²) in [6.07, 6.45) is 0. The molecule has 0 fully saturated rings. The Labute approximate surface area is 115 Å². The summed E-state index contributed by atoms with van der Waals surface area (Å²) in [7, 11) is 0. The molecule has 0 bridgehead atoms. The van der Waals surface area contributed by atoms with Crippen LogP contribution in [0.3, 0.4) is 0 Å². The summed E-state index contributed by atoms with van der Waals surface area (Å²) in [6.45, 7) is 3.97. The van der Waals surface area contributed by atoms with Crippen molar-refractivity contribution < 1.29 is 4.39 Å². The maximum absolute atomic E-state index is 13.9. The van der Waals surface area contributed by atoms with Crippen LogP contribution in [0.25, 0.3) is 11.4 Å². The van der Waals surface area contributed by atoms with Crippen molar-refractivity contribution in [1.29, 1.82) is 0 Å². The van der Waals surface area contributed by atoms with Gasteiger partial charge in [-0.3, -0.25) is 0 Å². The Balaban J connectivity index is 2.60. The molecule has 2 aromatic rings. The molecule has 0 atom stereocenters. The number of hydrogen-bond acceptors (Lipinski definition) is 2. The van der Waals surface area contributed by atoms with Gasteiger partial charge < -0.3 is 0 Å².